The molecule has 1 atom stereocenters. The van der Waals surface area contributed by atoms with Gasteiger partial charge in [0.15, 0.2) is 0 Å². The molecule has 2 rings (SSSR count). The minimum absolute atomic E-state index is 0.184. The van der Waals surface area contributed by atoms with E-state index in [1.807, 2.05) is 11.0 Å². The Kier molecular flexibility index (Phi) is 4.14. The Morgan fingerprint density at radius 3 is 2.42 bits per heavy atom. The first-order valence-corrected chi connectivity index (χ1v) is 7.18. The Bertz CT molecular complexity index is 409. The monoisotopic (exact) mass is 263 g/mol. The van der Waals surface area contributed by atoms with E-state index in [1.165, 1.54) is 5.57 Å². The Hall–Kier alpha value is -1.09. The van der Waals surface area contributed by atoms with Crippen LogP contribution in [-0.2, 0) is 9.53 Å². The number of ether oxygens (including phenoxy) is 1. The molecular weight excluding hydrogens is 238 g/mol. The van der Waals surface area contributed by atoms with E-state index in [0.29, 0.717) is 19.1 Å². The molecule has 106 valence electrons. The number of carbonyl (C=O) groups is 1. The Balaban J connectivity index is 2.12. The van der Waals surface area contributed by atoms with Gasteiger partial charge < -0.3 is 9.64 Å². The van der Waals surface area contributed by atoms with E-state index in [-0.39, 0.29) is 11.3 Å². The van der Waals surface area contributed by atoms with Gasteiger partial charge in [-0.3, -0.25) is 4.79 Å². The summed E-state index contributed by atoms with van der Waals surface area (Å²) in [5.74, 6) is 0.643. The molecule has 1 heterocycles. The molecule has 0 aromatic heterocycles. The SMILES string of the molecule is CC1CC(C(=O)N2CCOCC2)=CC=C1C(C)(C)C. The molecule has 1 unspecified atom stereocenters. The van der Waals surface area contributed by atoms with Gasteiger partial charge in [-0.1, -0.05) is 45.4 Å². The topological polar surface area (TPSA) is 29.5 Å². The number of amides is 1. The van der Waals surface area contributed by atoms with Crippen LogP contribution in [0, 0.1) is 11.3 Å². The largest absolute Gasteiger partial charge is 0.378 e. The maximum absolute atomic E-state index is 12.4. The van der Waals surface area contributed by atoms with Crippen LogP contribution in [0.4, 0.5) is 0 Å². The molecule has 0 saturated carbocycles. The Morgan fingerprint density at radius 1 is 1.26 bits per heavy atom. The third kappa shape index (κ3) is 3.27. The van der Waals surface area contributed by atoms with E-state index in [4.69, 9.17) is 4.74 Å². The average molecular weight is 263 g/mol. The highest BCUT2D eigenvalue weighted by atomic mass is 16.5. The third-order valence-electron chi connectivity index (χ3n) is 3.96. The predicted molar refractivity (Wildman–Crippen MR) is 76.8 cm³/mol. The fraction of sp³-hybridized carbons (Fsp3) is 0.688. The van der Waals surface area contributed by atoms with Gasteiger partial charge in [-0.2, -0.15) is 0 Å². The zero-order valence-corrected chi connectivity index (χ0v) is 12.5. The smallest absolute Gasteiger partial charge is 0.249 e. The van der Waals surface area contributed by atoms with E-state index < -0.39 is 0 Å². The number of hydrogen-bond acceptors (Lipinski definition) is 2. The molecule has 3 nitrogen and oxygen atoms in total. The van der Waals surface area contributed by atoms with Gasteiger partial charge in [0.05, 0.1) is 13.2 Å². The summed E-state index contributed by atoms with van der Waals surface area (Å²) in [6.45, 7) is 11.7. The van der Waals surface area contributed by atoms with Crippen molar-refractivity contribution >= 4 is 5.91 Å². The highest BCUT2D eigenvalue weighted by Gasteiger charge is 2.28. The van der Waals surface area contributed by atoms with Crippen LogP contribution in [0.1, 0.15) is 34.1 Å². The van der Waals surface area contributed by atoms with Crippen molar-refractivity contribution in [3.63, 3.8) is 0 Å². The Morgan fingerprint density at radius 2 is 1.89 bits per heavy atom. The van der Waals surface area contributed by atoms with E-state index in [9.17, 15) is 4.79 Å². The second-order valence-electron chi connectivity index (χ2n) is 6.57. The standard InChI is InChI=1S/C16H25NO2/c1-12-11-13(5-6-14(12)16(2,3)4)15(18)17-7-9-19-10-8-17/h5-6,12H,7-11H2,1-4H3. The number of hydrogen-bond donors (Lipinski definition) is 0. The van der Waals surface area contributed by atoms with Crippen molar-refractivity contribution in [2.45, 2.75) is 34.1 Å². The fourth-order valence-electron chi connectivity index (χ4n) is 2.98. The molecule has 0 N–H and O–H groups in total. The molecule has 19 heavy (non-hydrogen) atoms. The normalized spacial score (nSPS) is 24.8. The summed E-state index contributed by atoms with van der Waals surface area (Å²) < 4.78 is 5.29. The first-order chi connectivity index (χ1) is 8.89. The summed E-state index contributed by atoms with van der Waals surface area (Å²) in [4.78, 5) is 14.3. The zero-order valence-electron chi connectivity index (χ0n) is 12.5. The summed E-state index contributed by atoms with van der Waals surface area (Å²) in [6.07, 6.45) is 5.04. The summed E-state index contributed by atoms with van der Waals surface area (Å²) in [6, 6.07) is 0. The van der Waals surface area contributed by atoms with Gasteiger partial charge in [0.1, 0.15) is 0 Å². The molecule has 1 aliphatic heterocycles. The first-order valence-electron chi connectivity index (χ1n) is 7.18. The fourth-order valence-corrected chi connectivity index (χ4v) is 2.98. The highest BCUT2D eigenvalue weighted by Crippen LogP contribution is 2.37. The number of allylic oxidation sites excluding steroid dienone is 3. The van der Waals surface area contributed by atoms with Crippen molar-refractivity contribution in [3.8, 4) is 0 Å². The molecule has 0 aromatic rings. The van der Waals surface area contributed by atoms with Crippen molar-refractivity contribution in [2.24, 2.45) is 11.3 Å². The first kappa shape index (κ1) is 14.3. The van der Waals surface area contributed by atoms with Crippen molar-refractivity contribution in [3.05, 3.63) is 23.3 Å². The molecule has 3 heteroatoms. The molecule has 2 aliphatic rings. The van der Waals surface area contributed by atoms with E-state index in [0.717, 1.165) is 25.1 Å². The molecule has 1 fully saturated rings. The quantitative estimate of drug-likeness (QED) is 0.728. The molecule has 1 amide bonds. The van der Waals surface area contributed by atoms with Crippen molar-refractivity contribution in [1.82, 2.24) is 4.90 Å². The molecule has 0 spiro atoms. The summed E-state index contributed by atoms with van der Waals surface area (Å²) in [5, 5.41) is 0. The van der Waals surface area contributed by atoms with Gasteiger partial charge in [0.2, 0.25) is 5.91 Å². The lowest BCUT2D eigenvalue weighted by Crippen LogP contribution is -2.42. The maximum Gasteiger partial charge on any atom is 0.249 e. The number of rotatable bonds is 1. The van der Waals surface area contributed by atoms with Crippen LogP contribution in [0.3, 0.4) is 0 Å². The molecular formula is C16H25NO2. The van der Waals surface area contributed by atoms with E-state index in [2.05, 4.69) is 33.8 Å². The second-order valence-corrected chi connectivity index (χ2v) is 6.57. The van der Waals surface area contributed by atoms with E-state index in [1.54, 1.807) is 0 Å². The van der Waals surface area contributed by atoms with Crippen LogP contribution >= 0.6 is 0 Å². The lowest BCUT2D eigenvalue weighted by atomic mass is 9.74. The van der Waals surface area contributed by atoms with Crippen LogP contribution in [0.25, 0.3) is 0 Å². The van der Waals surface area contributed by atoms with Gasteiger partial charge in [0, 0.05) is 18.7 Å². The highest BCUT2D eigenvalue weighted by molar-refractivity contribution is 5.94. The average Bonchev–Trinajstić information content (AvgIpc) is 2.37. The minimum Gasteiger partial charge on any atom is -0.378 e. The summed E-state index contributed by atoms with van der Waals surface area (Å²) in [7, 11) is 0. The Labute approximate surface area is 116 Å². The van der Waals surface area contributed by atoms with E-state index >= 15 is 0 Å². The lowest BCUT2D eigenvalue weighted by molar-refractivity contribution is -0.131. The van der Waals surface area contributed by atoms with Gasteiger partial charge in [-0.15, -0.1) is 0 Å². The molecule has 0 aromatic carbocycles. The number of morpholine rings is 1. The molecule has 0 radical (unpaired) electrons. The lowest BCUT2D eigenvalue weighted by Gasteiger charge is -2.33. The minimum atomic E-state index is 0.184. The van der Waals surface area contributed by atoms with Gasteiger partial charge in [0.25, 0.3) is 0 Å². The van der Waals surface area contributed by atoms with Crippen molar-refractivity contribution in [2.75, 3.05) is 26.3 Å². The van der Waals surface area contributed by atoms with Crippen molar-refractivity contribution < 1.29 is 9.53 Å². The number of carbonyl (C=O) groups excluding carboxylic acids is 1. The van der Waals surface area contributed by atoms with Crippen LogP contribution in [-0.4, -0.2) is 37.1 Å². The van der Waals surface area contributed by atoms with Crippen LogP contribution in [0.15, 0.2) is 23.3 Å². The molecule has 1 aliphatic carbocycles. The van der Waals surface area contributed by atoms with Crippen LogP contribution in [0.2, 0.25) is 0 Å². The predicted octanol–water partition coefficient (Wildman–Crippen LogP) is 2.78. The maximum atomic E-state index is 12.4. The van der Waals surface area contributed by atoms with Gasteiger partial charge >= 0.3 is 0 Å². The third-order valence-corrected chi connectivity index (χ3v) is 3.96. The van der Waals surface area contributed by atoms with Gasteiger partial charge in [-0.05, 0) is 17.8 Å². The van der Waals surface area contributed by atoms with Crippen LogP contribution in [0.5, 0.6) is 0 Å². The van der Waals surface area contributed by atoms with Crippen molar-refractivity contribution in [1.29, 1.82) is 0 Å². The van der Waals surface area contributed by atoms with Crippen LogP contribution < -0.4 is 0 Å². The number of nitrogens with zero attached hydrogens (tertiary/aromatic N) is 1. The summed E-state index contributed by atoms with van der Waals surface area (Å²) >= 11 is 0. The molecule has 0 bridgehead atoms. The summed E-state index contributed by atoms with van der Waals surface area (Å²) in [5.41, 5.74) is 2.57. The molecule has 1 saturated heterocycles. The second kappa shape index (κ2) is 5.49. The van der Waals surface area contributed by atoms with Gasteiger partial charge in [-0.25, -0.2) is 0 Å². The zero-order chi connectivity index (χ0) is 14.0.